The Morgan fingerprint density at radius 2 is 1.90 bits per heavy atom. The zero-order valence-corrected chi connectivity index (χ0v) is 12.5. The molecule has 0 saturated heterocycles. The molecule has 112 valence electrons. The van der Waals surface area contributed by atoms with Crippen molar-refractivity contribution in [3.63, 3.8) is 0 Å². The molecule has 0 fully saturated rings. The number of hydrogen-bond acceptors (Lipinski definition) is 3. The fourth-order valence-corrected chi connectivity index (χ4v) is 2.09. The van der Waals surface area contributed by atoms with Crippen molar-refractivity contribution in [1.29, 1.82) is 0 Å². The summed E-state index contributed by atoms with van der Waals surface area (Å²) in [4.78, 5) is 0. The van der Waals surface area contributed by atoms with E-state index in [0.29, 0.717) is 0 Å². The maximum Gasteiger partial charge on any atom is 0.0899 e. The Morgan fingerprint density at radius 3 is 2.45 bits per heavy atom. The van der Waals surface area contributed by atoms with E-state index in [1.54, 1.807) is 13.1 Å². The van der Waals surface area contributed by atoms with Crippen molar-refractivity contribution in [2.75, 3.05) is 13.7 Å². The van der Waals surface area contributed by atoms with Gasteiger partial charge in [0.05, 0.1) is 18.8 Å². The largest absolute Gasteiger partial charge is 0.395 e. The lowest BCUT2D eigenvalue weighted by molar-refractivity contribution is 0.128. The van der Waals surface area contributed by atoms with Gasteiger partial charge in [0.1, 0.15) is 0 Å². The third-order valence-corrected chi connectivity index (χ3v) is 3.51. The second-order valence-corrected chi connectivity index (χ2v) is 5.13. The van der Waals surface area contributed by atoms with Crippen LogP contribution in [0.5, 0.6) is 0 Å². The van der Waals surface area contributed by atoms with E-state index in [-0.39, 0.29) is 12.6 Å². The van der Waals surface area contributed by atoms with Crippen LogP contribution in [0.25, 0.3) is 6.08 Å². The number of aryl methyl sites for hydroxylation is 1. The first kappa shape index (κ1) is 16.9. The highest BCUT2D eigenvalue weighted by Gasteiger charge is 2.12. The summed E-state index contributed by atoms with van der Waals surface area (Å²) < 4.78 is 0. The normalized spacial score (nSPS) is 14.6. The molecule has 0 unspecified atom stereocenters. The highest BCUT2D eigenvalue weighted by molar-refractivity contribution is 5.50. The van der Waals surface area contributed by atoms with Crippen LogP contribution < -0.4 is 5.32 Å². The minimum absolute atomic E-state index is 0.0849. The summed E-state index contributed by atoms with van der Waals surface area (Å²) in [6.07, 6.45) is 7.81. The van der Waals surface area contributed by atoms with Crippen molar-refractivity contribution < 1.29 is 10.2 Å². The minimum atomic E-state index is -0.686. The van der Waals surface area contributed by atoms with E-state index in [0.717, 1.165) is 12.0 Å². The first-order valence-corrected chi connectivity index (χ1v) is 7.44. The minimum Gasteiger partial charge on any atom is -0.395 e. The first-order chi connectivity index (χ1) is 9.71. The number of likely N-dealkylation sites (N-methyl/N-ethyl adjacent to an activating group) is 1. The number of benzene rings is 1. The molecule has 3 nitrogen and oxygen atoms in total. The Hall–Kier alpha value is -1.16. The molecule has 0 amide bonds. The summed E-state index contributed by atoms with van der Waals surface area (Å²) in [6, 6.07) is 8.10. The molecule has 1 aromatic rings. The molecule has 0 bridgehead atoms. The van der Waals surface area contributed by atoms with E-state index in [1.807, 2.05) is 6.08 Å². The van der Waals surface area contributed by atoms with Crippen LogP contribution in [0, 0.1) is 0 Å². The molecular weight excluding hydrogens is 250 g/mol. The second-order valence-electron chi connectivity index (χ2n) is 5.13. The molecule has 1 rings (SSSR count). The van der Waals surface area contributed by atoms with Crippen LogP contribution in [0.3, 0.4) is 0 Å². The lowest BCUT2D eigenvalue weighted by Crippen LogP contribution is -2.39. The summed E-state index contributed by atoms with van der Waals surface area (Å²) in [7, 11) is 1.73. The van der Waals surface area contributed by atoms with E-state index in [2.05, 4.69) is 36.5 Å². The molecule has 0 aliphatic carbocycles. The van der Waals surface area contributed by atoms with Gasteiger partial charge < -0.3 is 15.5 Å². The molecule has 0 saturated carbocycles. The second kappa shape index (κ2) is 9.70. The fraction of sp³-hybridized carbons (Fsp3) is 0.529. The van der Waals surface area contributed by atoms with Crippen LogP contribution in [0.1, 0.15) is 37.3 Å². The maximum absolute atomic E-state index is 9.86. The van der Waals surface area contributed by atoms with E-state index in [4.69, 9.17) is 5.11 Å². The molecule has 0 aliphatic rings. The van der Waals surface area contributed by atoms with Gasteiger partial charge in [0.2, 0.25) is 0 Å². The molecule has 2 atom stereocenters. The Kier molecular flexibility index (Phi) is 8.19. The molecule has 0 aromatic heterocycles. The summed E-state index contributed by atoms with van der Waals surface area (Å²) >= 11 is 0. The average Bonchev–Trinajstić information content (AvgIpc) is 2.48. The summed E-state index contributed by atoms with van der Waals surface area (Å²) in [5, 5.41) is 21.8. The molecule has 20 heavy (non-hydrogen) atoms. The Labute approximate surface area is 122 Å². The third-order valence-electron chi connectivity index (χ3n) is 3.51. The van der Waals surface area contributed by atoms with Gasteiger partial charge in [0, 0.05) is 0 Å². The highest BCUT2D eigenvalue weighted by Crippen LogP contribution is 2.10. The number of rotatable bonds is 9. The van der Waals surface area contributed by atoms with Gasteiger partial charge in [0.15, 0.2) is 0 Å². The van der Waals surface area contributed by atoms with E-state index < -0.39 is 6.10 Å². The fourth-order valence-electron chi connectivity index (χ4n) is 2.09. The molecule has 1 aromatic carbocycles. The number of unbranched alkanes of at least 4 members (excludes halogenated alkanes) is 2. The monoisotopic (exact) mass is 277 g/mol. The van der Waals surface area contributed by atoms with Crippen LogP contribution in [0.15, 0.2) is 30.3 Å². The Bertz CT molecular complexity index is 382. The molecule has 0 radical (unpaired) electrons. The smallest absolute Gasteiger partial charge is 0.0899 e. The van der Waals surface area contributed by atoms with Gasteiger partial charge >= 0.3 is 0 Å². The average molecular weight is 277 g/mol. The Balaban J connectivity index is 2.52. The number of aliphatic hydroxyl groups is 2. The number of hydrogen-bond donors (Lipinski definition) is 3. The van der Waals surface area contributed by atoms with Crippen LogP contribution in [0.4, 0.5) is 0 Å². The molecule has 0 aliphatic heterocycles. The van der Waals surface area contributed by atoms with Gasteiger partial charge in [-0.3, -0.25) is 0 Å². The predicted molar refractivity (Wildman–Crippen MR) is 84.6 cm³/mol. The predicted octanol–water partition coefficient (Wildman–Crippen LogP) is 2.37. The van der Waals surface area contributed by atoms with Crippen molar-refractivity contribution in [2.45, 2.75) is 44.8 Å². The number of aliphatic hydroxyl groups excluding tert-OH is 2. The molecule has 3 N–H and O–H groups in total. The topological polar surface area (TPSA) is 52.5 Å². The zero-order chi connectivity index (χ0) is 14.8. The molecule has 3 heteroatoms. The van der Waals surface area contributed by atoms with Crippen molar-refractivity contribution >= 4 is 6.08 Å². The van der Waals surface area contributed by atoms with Crippen molar-refractivity contribution in [3.8, 4) is 0 Å². The summed E-state index contributed by atoms with van der Waals surface area (Å²) in [5.74, 6) is 0. The molecule has 0 spiro atoms. The summed E-state index contributed by atoms with van der Waals surface area (Å²) in [5.41, 5.74) is 2.43. The van der Waals surface area contributed by atoms with Crippen LogP contribution in [-0.2, 0) is 6.42 Å². The van der Waals surface area contributed by atoms with Crippen LogP contribution in [0.2, 0.25) is 0 Å². The van der Waals surface area contributed by atoms with Crippen LogP contribution >= 0.6 is 0 Å². The van der Waals surface area contributed by atoms with Gasteiger partial charge in [-0.1, -0.05) is 56.2 Å². The van der Waals surface area contributed by atoms with Crippen LogP contribution in [-0.4, -0.2) is 36.0 Å². The maximum atomic E-state index is 9.86. The zero-order valence-electron chi connectivity index (χ0n) is 12.5. The first-order valence-electron chi connectivity index (χ1n) is 7.44. The quantitative estimate of drug-likeness (QED) is 0.607. The highest BCUT2D eigenvalue weighted by atomic mass is 16.3. The van der Waals surface area contributed by atoms with Crippen molar-refractivity contribution in [2.24, 2.45) is 0 Å². The standard InChI is InChI=1S/C17H27NO2/c1-3-4-5-6-14-7-9-15(10-8-14)11-12-17(20)16(13-19)18-2/h7-12,16-20H,3-6,13H2,1-2H3/t16-,17+/m1/s1. The SMILES string of the molecule is CCCCCc1ccc(C=C[C@H](O)[C@@H](CO)NC)cc1. The molecular formula is C17H27NO2. The van der Waals surface area contributed by atoms with Gasteiger partial charge in [-0.25, -0.2) is 0 Å². The van der Waals surface area contributed by atoms with E-state index in [1.165, 1.54) is 24.8 Å². The van der Waals surface area contributed by atoms with Gasteiger partial charge in [-0.15, -0.1) is 0 Å². The third kappa shape index (κ3) is 5.87. The molecule has 0 heterocycles. The summed E-state index contributed by atoms with van der Waals surface area (Å²) in [6.45, 7) is 2.13. The van der Waals surface area contributed by atoms with Crippen molar-refractivity contribution in [1.82, 2.24) is 5.32 Å². The van der Waals surface area contributed by atoms with E-state index in [9.17, 15) is 5.11 Å². The lowest BCUT2D eigenvalue weighted by atomic mass is 10.0. The van der Waals surface area contributed by atoms with Crippen molar-refractivity contribution in [3.05, 3.63) is 41.5 Å². The van der Waals surface area contributed by atoms with E-state index >= 15 is 0 Å². The lowest BCUT2D eigenvalue weighted by Gasteiger charge is -2.16. The van der Waals surface area contributed by atoms with Gasteiger partial charge in [0.25, 0.3) is 0 Å². The number of nitrogens with one attached hydrogen (secondary N) is 1. The van der Waals surface area contributed by atoms with Gasteiger partial charge in [-0.2, -0.15) is 0 Å². The Morgan fingerprint density at radius 1 is 1.20 bits per heavy atom. The van der Waals surface area contributed by atoms with Gasteiger partial charge in [-0.05, 0) is 31.0 Å².